The number of benzene rings is 2. The first-order valence-electron chi connectivity index (χ1n) is 13.0. The molecule has 0 aliphatic rings. The number of rotatable bonds is 5. The third-order valence-electron chi connectivity index (χ3n) is 6.24. The van der Waals surface area contributed by atoms with Crippen molar-refractivity contribution in [1.82, 2.24) is 0 Å². The molecule has 0 aliphatic heterocycles. The van der Waals surface area contributed by atoms with Crippen LogP contribution in [0.4, 0.5) is 0 Å². The molecular weight excluding hydrogens is 460 g/mol. The highest BCUT2D eigenvalue weighted by molar-refractivity contribution is 5.95. The van der Waals surface area contributed by atoms with Crippen LogP contribution in [0.1, 0.15) is 112 Å². The molecule has 0 saturated carbocycles. The van der Waals surface area contributed by atoms with Gasteiger partial charge >= 0.3 is 11.9 Å². The van der Waals surface area contributed by atoms with E-state index in [0.717, 1.165) is 22.3 Å². The molecule has 0 heterocycles. The quantitative estimate of drug-likeness (QED) is 0.232. The van der Waals surface area contributed by atoms with E-state index in [0.29, 0.717) is 11.5 Å². The second kappa shape index (κ2) is 10.5. The van der Waals surface area contributed by atoms with Gasteiger partial charge in [-0.05, 0) is 44.9 Å². The zero-order valence-corrected chi connectivity index (χ0v) is 25.0. The summed E-state index contributed by atoms with van der Waals surface area (Å²) in [7, 11) is 0. The molecule has 0 aliphatic carbocycles. The molecule has 0 radical (unpaired) electrons. The third-order valence-corrected chi connectivity index (χ3v) is 6.24. The number of esters is 2. The van der Waals surface area contributed by atoms with Crippen molar-refractivity contribution in [3.05, 3.63) is 70.8 Å². The van der Waals surface area contributed by atoms with Crippen molar-refractivity contribution in [3.8, 4) is 11.5 Å². The molecule has 0 bridgehead atoms. The van der Waals surface area contributed by atoms with E-state index >= 15 is 0 Å². The third kappa shape index (κ3) is 7.56. The van der Waals surface area contributed by atoms with Gasteiger partial charge in [0, 0.05) is 16.7 Å². The van der Waals surface area contributed by atoms with Gasteiger partial charge in [-0.3, -0.25) is 4.79 Å². The first-order chi connectivity index (χ1) is 16.6. The van der Waals surface area contributed by atoms with Crippen molar-refractivity contribution >= 4 is 11.9 Å². The van der Waals surface area contributed by atoms with E-state index in [1.165, 1.54) is 0 Å². The number of carbonyl (C=O) groups is 2. The highest BCUT2D eigenvalue weighted by Crippen LogP contribution is 2.41. The number of hydrogen-bond donors (Lipinski definition) is 0. The minimum absolute atomic E-state index is 0.0512. The summed E-state index contributed by atoms with van der Waals surface area (Å²) >= 11 is 0. The van der Waals surface area contributed by atoms with Gasteiger partial charge in [-0.2, -0.15) is 0 Å². The predicted octanol–water partition coefficient (Wildman–Crippen LogP) is 8.33. The van der Waals surface area contributed by atoms with Crippen LogP contribution >= 0.6 is 0 Å². The zero-order chi connectivity index (χ0) is 28.6. The Hall–Kier alpha value is -2.88. The van der Waals surface area contributed by atoms with Crippen LogP contribution in [0.2, 0.25) is 0 Å². The molecule has 4 heteroatoms. The lowest BCUT2D eigenvalue weighted by molar-refractivity contribution is -0.137. The fraction of sp³-hybridized carbons (Fsp3) is 0.515. The molecule has 0 unspecified atom stereocenters. The molecule has 0 amide bonds. The van der Waals surface area contributed by atoms with Gasteiger partial charge in [-0.15, -0.1) is 0 Å². The first-order valence-corrected chi connectivity index (χ1v) is 13.0. The first kappa shape index (κ1) is 30.3. The van der Waals surface area contributed by atoms with Gasteiger partial charge in [0.15, 0.2) is 0 Å². The minimum Gasteiger partial charge on any atom is -0.426 e. The van der Waals surface area contributed by atoms with Crippen molar-refractivity contribution in [2.45, 2.75) is 111 Å². The fourth-order valence-electron chi connectivity index (χ4n) is 4.61. The zero-order valence-electron chi connectivity index (χ0n) is 25.0. The molecular formula is C33H46O4. The van der Waals surface area contributed by atoms with Crippen molar-refractivity contribution in [2.75, 3.05) is 0 Å². The van der Waals surface area contributed by atoms with Gasteiger partial charge < -0.3 is 9.47 Å². The van der Waals surface area contributed by atoms with Gasteiger partial charge in [-0.1, -0.05) is 114 Å². The summed E-state index contributed by atoms with van der Waals surface area (Å²) in [4.78, 5) is 26.0. The maximum atomic E-state index is 13.0. The average Bonchev–Trinajstić information content (AvgIpc) is 2.70. The van der Waals surface area contributed by atoms with Crippen molar-refractivity contribution in [1.29, 1.82) is 0 Å². The Kier molecular flexibility index (Phi) is 8.59. The maximum absolute atomic E-state index is 13.0. The number of ether oxygens (including phenoxy) is 2. The summed E-state index contributed by atoms with van der Waals surface area (Å²) in [6, 6.07) is 11.5. The van der Waals surface area contributed by atoms with E-state index in [1.807, 2.05) is 18.2 Å². The van der Waals surface area contributed by atoms with Crippen LogP contribution in [-0.2, 0) is 31.2 Å². The molecule has 37 heavy (non-hydrogen) atoms. The molecule has 0 saturated heterocycles. The summed E-state index contributed by atoms with van der Waals surface area (Å²) in [5.74, 6) is -0.169. The standard InChI is InChI=1S/C33H46O4/c1-21(29(35)37-25-19-15-17-23(31(5,6)7)28(25)33(11,12)13)20-26(34)36-24-18-14-16-22(30(2,3)4)27(24)32(8,9)10/h14-19H,1,20H2,2-13H3. The lowest BCUT2D eigenvalue weighted by Crippen LogP contribution is -2.25. The molecule has 0 spiro atoms. The second-order valence-electron chi connectivity index (χ2n) is 14.0. The van der Waals surface area contributed by atoms with E-state index < -0.39 is 11.9 Å². The average molecular weight is 507 g/mol. The van der Waals surface area contributed by atoms with Crippen LogP contribution in [0.3, 0.4) is 0 Å². The Morgan fingerprint density at radius 2 is 1.00 bits per heavy atom. The summed E-state index contributed by atoms with van der Waals surface area (Å²) in [6.45, 7) is 29.3. The molecule has 2 aromatic rings. The van der Waals surface area contributed by atoms with Gasteiger partial charge in [-0.25, -0.2) is 4.79 Å². The van der Waals surface area contributed by atoms with Gasteiger partial charge in [0.05, 0.1) is 6.42 Å². The van der Waals surface area contributed by atoms with Crippen molar-refractivity contribution in [2.24, 2.45) is 0 Å². The Morgan fingerprint density at radius 1 is 0.622 bits per heavy atom. The molecule has 2 rings (SSSR count). The summed E-state index contributed by atoms with van der Waals surface area (Å²) in [5.41, 5.74) is 3.51. The molecule has 0 aromatic heterocycles. The molecule has 4 nitrogen and oxygen atoms in total. The SMILES string of the molecule is C=C(CC(=O)Oc1cccc(C(C)(C)C)c1C(C)(C)C)C(=O)Oc1cccc(C(C)(C)C)c1C(C)(C)C. The Morgan fingerprint density at radius 3 is 1.35 bits per heavy atom. The van der Waals surface area contributed by atoms with Crippen molar-refractivity contribution < 1.29 is 19.1 Å². The lowest BCUT2D eigenvalue weighted by Gasteiger charge is -2.31. The normalized spacial score (nSPS) is 12.8. The van der Waals surface area contributed by atoms with Crippen LogP contribution in [0.25, 0.3) is 0 Å². The van der Waals surface area contributed by atoms with E-state index in [4.69, 9.17) is 9.47 Å². The van der Waals surface area contributed by atoms with E-state index in [-0.39, 0.29) is 33.7 Å². The van der Waals surface area contributed by atoms with E-state index in [9.17, 15) is 9.59 Å². The van der Waals surface area contributed by atoms with Crippen LogP contribution < -0.4 is 9.47 Å². The van der Waals surface area contributed by atoms with Crippen LogP contribution in [0.5, 0.6) is 11.5 Å². The summed E-state index contributed by atoms with van der Waals surface area (Å²) in [6.07, 6.45) is -0.258. The lowest BCUT2D eigenvalue weighted by atomic mass is 9.75. The summed E-state index contributed by atoms with van der Waals surface area (Å²) in [5, 5.41) is 0. The smallest absolute Gasteiger partial charge is 0.339 e. The highest BCUT2D eigenvalue weighted by Gasteiger charge is 2.31. The summed E-state index contributed by atoms with van der Waals surface area (Å²) < 4.78 is 11.6. The number of hydrogen-bond acceptors (Lipinski definition) is 4. The maximum Gasteiger partial charge on any atom is 0.339 e. The Labute approximate surface area is 224 Å². The van der Waals surface area contributed by atoms with E-state index in [1.54, 1.807) is 6.07 Å². The Bertz CT molecular complexity index is 1170. The Balaban J connectivity index is 2.29. The van der Waals surface area contributed by atoms with Crippen LogP contribution in [0.15, 0.2) is 48.6 Å². The molecule has 0 N–H and O–H groups in total. The largest absolute Gasteiger partial charge is 0.426 e. The second-order valence-corrected chi connectivity index (χ2v) is 14.0. The van der Waals surface area contributed by atoms with Crippen molar-refractivity contribution in [3.63, 3.8) is 0 Å². The highest BCUT2D eigenvalue weighted by atomic mass is 16.5. The predicted molar refractivity (Wildman–Crippen MR) is 153 cm³/mol. The van der Waals surface area contributed by atoms with Crippen LogP contribution in [-0.4, -0.2) is 11.9 Å². The fourth-order valence-corrected chi connectivity index (χ4v) is 4.61. The van der Waals surface area contributed by atoms with Crippen LogP contribution in [0, 0.1) is 0 Å². The van der Waals surface area contributed by atoms with Gasteiger partial charge in [0.25, 0.3) is 0 Å². The number of carbonyl (C=O) groups excluding carboxylic acids is 2. The monoisotopic (exact) mass is 506 g/mol. The molecule has 202 valence electrons. The minimum atomic E-state index is -0.631. The van der Waals surface area contributed by atoms with Gasteiger partial charge in [0.2, 0.25) is 0 Å². The topological polar surface area (TPSA) is 52.6 Å². The van der Waals surface area contributed by atoms with E-state index in [2.05, 4.69) is 102 Å². The van der Waals surface area contributed by atoms with Gasteiger partial charge in [0.1, 0.15) is 11.5 Å². The molecule has 2 aromatic carbocycles. The molecule has 0 atom stereocenters. The molecule has 0 fully saturated rings.